The highest BCUT2D eigenvalue weighted by atomic mass is 79.9. The van der Waals surface area contributed by atoms with Gasteiger partial charge in [-0.2, -0.15) is 0 Å². The van der Waals surface area contributed by atoms with Crippen LogP contribution in [0.25, 0.3) is 0 Å². The maximum Gasteiger partial charge on any atom is 0.133 e. The van der Waals surface area contributed by atoms with Crippen LogP contribution in [0.2, 0.25) is 5.02 Å². The van der Waals surface area contributed by atoms with E-state index in [-0.39, 0.29) is 0 Å². The summed E-state index contributed by atoms with van der Waals surface area (Å²) in [5.41, 5.74) is 1.13. The van der Waals surface area contributed by atoms with Crippen LogP contribution < -0.4 is 10.1 Å². The van der Waals surface area contributed by atoms with E-state index in [0.717, 1.165) is 28.1 Å². The van der Waals surface area contributed by atoms with Crippen molar-refractivity contribution >= 4 is 27.5 Å². The number of hydrogen-bond acceptors (Lipinski definition) is 2. The monoisotopic (exact) mass is 351 g/mol. The summed E-state index contributed by atoms with van der Waals surface area (Å²) in [4.78, 5) is 0. The third-order valence-electron chi connectivity index (χ3n) is 3.21. The average Bonchev–Trinajstić information content (AvgIpc) is 3.22. The fraction of sp³-hybridized carbons (Fsp3) is 0.250. The Bertz CT molecular complexity index is 613. The Morgan fingerprint density at radius 1 is 1.20 bits per heavy atom. The Labute approximate surface area is 132 Å². The van der Waals surface area contributed by atoms with Gasteiger partial charge in [0.25, 0.3) is 0 Å². The van der Waals surface area contributed by atoms with Crippen molar-refractivity contribution in [3.05, 3.63) is 57.5 Å². The zero-order valence-electron chi connectivity index (χ0n) is 10.9. The second kappa shape index (κ2) is 6.17. The molecule has 0 atom stereocenters. The largest absolute Gasteiger partial charge is 0.457 e. The highest BCUT2D eigenvalue weighted by Gasteiger charge is 2.20. The van der Waals surface area contributed by atoms with E-state index in [4.69, 9.17) is 16.3 Å². The molecule has 1 N–H and O–H groups in total. The smallest absolute Gasteiger partial charge is 0.133 e. The van der Waals surface area contributed by atoms with Crippen LogP contribution in [0.15, 0.2) is 46.9 Å². The van der Waals surface area contributed by atoms with Gasteiger partial charge in [-0.05, 0) is 43.2 Å². The minimum absolute atomic E-state index is 0.671. The zero-order valence-corrected chi connectivity index (χ0v) is 13.2. The van der Waals surface area contributed by atoms with Gasteiger partial charge in [-0.25, -0.2) is 0 Å². The van der Waals surface area contributed by atoms with E-state index >= 15 is 0 Å². The van der Waals surface area contributed by atoms with Gasteiger partial charge in [0.1, 0.15) is 11.5 Å². The van der Waals surface area contributed by atoms with Crippen molar-refractivity contribution in [1.29, 1.82) is 0 Å². The molecule has 2 aromatic rings. The van der Waals surface area contributed by atoms with Crippen LogP contribution in [0.5, 0.6) is 11.5 Å². The minimum atomic E-state index is 0.671. The molecule has 3 rings (SSSR count). The first-order chi connectivity index (χ1) is 9.70. The summed E-state index contributed by atoms with van der Waals surface area (Å²) < 4.78 is 6.96. The molecule has 1 saturated carbocycles. The van der Waals surface area contributed by atoms with Crippen LogP contribution in [-0.2, 0) is 6.54 Å². The molecule has 0 unspecified atom stereocenters. The molecular formula is C16H15BrClNO. The highest BCUT2D eigenvalue weighted by Crippen LogP contribution is 2.30. The minimum Gasteiger partial charge on any atom is -0.457 e. The topological polar surface area (TPSA) is 21.3 Å². The van der Waals surface area contributed by atoms with Gasteiger partial charge in [-0.3, -0.25) is 0 Å². The number of halogens is 2. The number of nitrogens with one attached hydrogen (secondary N) is 1. The lowest BCUT2D eigenvalue weighted by Crippen LogP contribution is -2.15. The van der Waals surface area contributed by atoms with E-state index in [1.165, 1.54) is 12.8 Å². The standard InChI is InChI=1S/C16H15BrClNO/c17-12-2-1-3-15(8-12)20-16-9-13(18)5-4-11(16)10-19-14-6-7-14/h1-5,8-9,14,19H,6-7,10H2. The molecule has 0 heterocycles. The summed E-state index contributed by atoms with van der Waals surface area (Å²) in [6.45, 7) is 0.811. The summed E-state index contributed by atoms with van der Waals surface area (Å²) in [5, 5.41) is 4.18. The van der Waals surface area contributed by atoms with Crippen molar-refractivity contribution in [3.8, 4) is 11.5 Å². The first-order valence-corrected chi connectivity index (χ1v) is 7.83. The molecule has 0 bridgehead atoms. The Morgan fingerprint density at radius 3 is 2.80 bits per heavy atom. The fourth-order valence-corrected chi connectivity index (χ4v) is 2.51. The van der Waals surface area contributed by atoms with E-state index < -0.39 is 0 Å². The molecule has 0 saturated heterocycles. The molecule has 1 aliphatic rings. The Morgan fingerprint density at radius 2 is 2.05 bits per heavy atom. The Balaban J connectivity index is 1.80. The second-order valence-corrected chi connectivity index (χ2v) is 6.32. The van der Waals surface area contributed by atoms with Gasteiger partial charge in [0, 0.05) is 27.6 Å². The maximum absolute atomic E-state index is 6.08. The van der Waals surface area contributed by atoms with E-state index in [1.807, 2.05) is 42.5 Å². The van der Waals surface area contributed by atoms with Crippen LogP contribution in [0.1, 0.15) is 18.4 Å². The summed E-state index contributed by atoms with van der Waals surface area (Å²) in [6, 6.07) is 14.3. The molecule has 2 nitrogen and oxygen atoms in total. The van der Waals surface area contributed by atoms with E-state index in [9.17, 15) is 0 Å². The van der Waals surface area contributed by atoms with Crippen LogP contribution in [-0.4, -0.2) is 6.04 Å². The number of hydrogen-bond donors (Lipinski definition) is 1. The Kier molecular flexibility index (Phi) is 4.29. The second-order valence-electron chi connectivity index (χ2n) is 4.97. The van der Waals surface area contributed by atoms with Crippen molar-refractivity contribution in [1.82, 2.24) is 5.32 Å². The van der Waals surface area contributed by atoms with Crippen molar-refractivity contribution in [3.63, 3.8) is 0 Å². The molecule has 104 valence electrons. The maximum atomic E-state index is 6.08. The lowest BCUT2D eigenvalue weighted by Gasteiger charge is -2.12. The molecule has 4 heteroatoms. The molecule has 1 aliphatic carbocycles. The van der Waals surface area contributed by atoms with Gasteiger partial charge in [0.2, 0.25) is 0 Å². The Hall–Kier alpha value is -1.03. The van der Waals surface area contributed by atoms with Gasteiger partial charge >= 0.3 is 0 Å². The fourth-order valence-electron chi connectivity index (χ4n) is 1.97. The average molecular weight is 353 g/mol. The highest BCUT2D eigenvalue weighted by molar-refractivity contribution is 9.10. The molecule has 0 aromatic heterocycles. The van der Waals surface area contributed by atoms with E-state index in [2.05, 4.69) is 21.2 Å². The van der Waals surface area contributed by atoms with Gasteiger partial charge < -0.3 is 10.1 Å². The predicted octanol–water partition coefficient (Wildman–Crippen LogP) is 5.15. The molecule has 20 heavy (non-hydrogen) atoms. The third kappa shape index (κ3) is 3.75. The molecule has 2 aromatic carbocycles. The van der Waals surface area contributed by atoms with Crippen LogP contribution >= 0.6 is 27.5 Å². The first kappa shape index (κ1) is 13.9. The summed E-state index contributed by atoms with van der Waals surface area (Å²) in [6.07, 6.45) is 2.55. The van der Waals surface area contributed by atoms with Crippen molar-refractivity contribution in [2.45, 2.75) is 25.4 Å². The van der Waals surface area contributed by atoms with Gasteiger partial charge in [0.15, 0.2) is 0 Å². The lowest BCUT2D eigenvalue weighted by atomic mass is 10.2. The summed E-state index contributed by atoms with van der Waals surface area (Å²) >= 11 is 9.53. The molecule has 1 fully saturated rings. The molecule has 0 amide bonds. The van der Waals surface area contributed by atoms with Gasteiger partial charge in [0.05, 0.1) is 0 Å². The van der Waals surface area contributed by atoms with E-state index in [1.54, 1.807) is 0 Å². The summed E-state index contributed by atoms with van der Waals surface area (Å²) in [7, 11) is 0. The SMILES string of the molecule is Clc1ccc(CNC2CC2)c(Oc2cccc(Br)c2)c1. The normalized spacial score (nSPS) is 14.3. The third-order valence-corrected chi connectivity index (χ3v) is 3.94. The lowest BCUT2D eigenvalue weighted by molar-refractivity contribution is 0.472. The summed E-state index contributed by atoms with van der Waals surface area (Å²) in [5.74, 6) is 1.61. The van der Waals surface area contributed by atoms with Crippen LogP contribution in [0, 0.1) is 0 Å². The zero-order chi connectivity index (χ0) is 13.9. The molecule has 0 aliphatic heterocycles. The first-order valence-electron chi connectivity index (χ1n) is 6.66. The van der Waals surface area contributed by atoms with Crippen LogP contribution in [0.4, 0.5) is 0 Å². The van der Waals surface area contributed by atoms with E-state index in [0.29, 0.717) is 11.1 Å². The number of rotatable bonds is 5. The van der Waals surface area contributed by atoms with Crippen molar-refractivity contribution in [2.75, 3.05) is 0 Å². The predicted molar refractivity (Wildman–Crippen MR) is 85.5 cm³/mol. The molecular weight excluding hydrogens is 338 g/mol. The van der Waals surface area contributed by atoms with Crippen molar-refractivity contribution in [2.24, 2.45) is 0 Å². The van der Waals surface area contributed by atoms with Gasteiger partial charge in [-0.15, -0.1) is 0 Å². The van der Waals surface area contributed by atoms with Crippen molar-refractivity contribution < 1.29 is 4.74 Å². The number of ether oxygens (including phenoxy) is 1. The molecule has 0 radical (unpaired) electrons. The van der Waals surface area contributed by atoms with Gasteiger partial charge in [-0.1, -0.05) is 39.7 Å². The number of benzene rings is 2. The van der Waals surface area contributed by atoms with Crippen LogP contribution in [0.3, 0.4) is 0 Å². The quantitative estimate of drug-likeness (QED) is 0.804. The molecule has 0 spiro atoms.